The molecule has 0 aliphatic carbocycles. The molecule has 4 rings (SSSR count). The molecule has 0 radical (unpaired) electrons. The molecular weight excluding hydrogens is 328 g/mol. The van der Waals surface area contributed by atoms with E-state index in [4.69, 9.17) is 4.74 Å². The van der Waals surface area contributed by atoms with Gasteiger partial charge in [0.05, 0.1) is 18.1 Å². The van der Waals surface area contributed by atoms with Crippen LogP contribution in [0.15, 0.2) is 65.7 Å². The van der Waals surface area contributed by atoms with Crippen molar-refractivity contribution >= 4 is 16.7 Å². The molecule has 3 N–H and O–H groups in total. The first kappa shape index (κ1) is 16.0. The summed E-state index contributed by atoms with van der Waals surface area (Å²) < 4.78 is 5.17. The lowest BCUT2D eigenvalue weighted by Gasteiger charge is -2.09. The quantitative estimate of drug-likeness (QED) is 0.516. The maximum absolute atomic E-state index is 11.4. The van der Waals surface area contributed by atoms with E-state index in [9.17, 15) is 4.79 Å². The van der Waals surface area contributed by atoms with Gasteiger partial charge in [-0.25, -0.2) is 4.79 Å². The Kier molecular flexibility index (Phi) is 4.15. The first-order chi connectivity index (χ1) is 12.7. The topological polar surface area (TPSA) is 82.8 Å². The summed E-state index contributed by atoms with van der Waals surface area (Å²) in [5.41, 5.74) is 5.48. The molecule has 2 aromatic carbocycles. The number of anilines is 1. The van der Waals surface area contributed by atoms with Crippen LogP contribution in [-0.2, 0) is 6.54 Å². The number of methoxy groups -OCH3 is 1. The summed E-state index contributed by atoms with van der Waals surface area (Å²) in [6.07, 6.45) is 3.67. The molecule has 2 aromatic heterocycles. The Labute approximate surface area is 149 Å². The summed E-state index contributed by atoms with van der Waals surface area (Å²) in [7, 11) is 1.65. The van der Waals surface area contributed by atoms with E-state index in [1.54, 1.807) is 7.11 Å². The average molecular weight is 346 g/mol. The van der Waals surface area contributed by atoms with Gasteiger partial charge in [0.1, 0.15) is 5.75 Å². The number of nitrogens with one attached hydrogen (secondary N) is 3. The molecule has 0 aliphatic rings. The number of nitrogens with zero attached hydrogens (tertiary/aromatic N) is 1. The van der Waals surface area contributed by atoms with Crippen molar-refractivity contribution in [1.82, 2.24) is 15.0 Å². The van der Waals surface area contributed by atoms with E-state index in [2.05, 4.69) is 26.3 Å². The van der Waals surface area contributed by atoms with E-state index in [0.29, 0.717) is 6.54 Å². The Morgan fingerprint density at radius 3 is 2.58 bits per heavy atom. The van der Waals surface area contributed by atoms with Crippen LogP contribution in [0.5, 0.6) is 5.75 Å². The van der Waals surface area contributed by atoms with Gasteiger partial charge in [0.15, 0.2) is 0 Å². The first-order valence-electron chi connectivity index (χ1n) is 8.25. The normalized spacial score (nSPS) is 10.8. The summed E-state index contributed by atoms with van der Waals surface area (Å²) in [5, 5.41) is 3.38. The van der Waals surface area contributed by atoms with E-state index in [1.165, 1.54) is 0 Å². The lowest BCUT2D eigenvalue weighted by molar-refractivity contribution is 0.415. The smallest absolute Gasteiger partial charge is 0.323 e. The zero-order valence-electron chi connectivity index (χ0n) is 14.2. The van der Waals surface area contributed by atoms with Crippen LogP contribution in [-0.4, -0.2) is 22.1 Å². The molecule has 0 fully saturated rings. The fourth-order valence-corrected chi connectivity index (χ4v) is 2.87. The van der Waals surface area contributed by atoms with Gasteiger partial charge >= 0.3 is 5.69 Å². The maximum Gasteiger partial charge on any atom is 0.323 e. The minimum absolute atomic E-state index is 0.201. The minimum Gasteiger partial charge on any atom is -0.497 e. The summed E-state index contributed by atoms with van der Waals surface area (Å²) in [6.45, 7) is 0.663. The number of benzene rings is 2. The Balaban J connectivity index is 1.54. The van der Waals surface area contributed by atoms with Gasteiger partial charge in [-0.2, -0.15) is 0 Å². The van der Waals surface area contributed by atoms with Crippen molar-refractivity contribution in [3.8, 4) is 16.9 Å². The maximum atomic E-state index is 11.4. The second-order valence-corrected chi connectivity index (χ2v) is 6.00. The summed E-state index contributed by atoms with van der Waals surface area (Å²) in [5.74, 6) is 0.831. The lowest BCUT2D eigenvalue weighted by Crippen LogP contribution is -2.00. The second kappa shape index (κ2) is 6.76. The fourth-order valence-electron chi connectivity index (χ4n) is 2.87. The molecule has 0 saturated carbocycles. The number of ether oxygens (including phenoxy) is 1. The molecule has 26 heavy (non-hydrogen) atoms. The van der Waals surface area contributed by atoms with Crippen molar-refractivity contribution in [2.75, 3.05) is 12.4 Å². The largest absolute Gasteiger partial charge is 0.497 e. The van der Waals surface area contributed by atoms with Crippen molar-refractivity contribution in [2.45, 2.75) is 6.54 Å². The highest BCUT2D eigenvalue weighted by Crippen LogP contribution is 2.23. The summed E-state index contributed by atoms with van der Waals surface area (Å²) in [6, 6.07) is 15.7. The second-order valence-electron chi connectivity index (χ2n) is 6.00. The molecule has 6 nitrogen and oxygen atoms in total. The van der Waals surface area contributed by atoms with Gasteiger partial charge < -0.3 is 20.0 Å². The zero-order valence-corrected chi connectivity index (χ0v) is 14.2. The van der Waals surface area contributed by atoms with Crippen LogP contribution in [0.25, 0.3) is 22.2 Å². The molecule has 6 heteroatoms. The standard InChI is InChI=1S/C20H18N4O2/c1-26-17-5-3-16(4-6-17)22-11-13-8-15(12-21-10-13)14-2-7-18-19(9-14)24-20(25)23-18/h2-10,12,22H,11H2,1H3,(H2,23,24,25). The van der Waals surface area contributed by atoms with Crippen LogP contribution in [0.3, 0.4) is 0 Å². The van der Waals surface area contributed by atoms with Gasteiger partial charge in [0.2, 0.25) is 0 Å². The molecule has 0 bridgehead atoms. The Morgan fingerprint density at radius 2 is 1.77 bits per heavy atom. The predicted molar refractivity (Wildman–Crippen MR) is 102 cm³/mol. The van der Waals surface area contributed by atoms with Crippen LogP contribution in [0.4, 0.5) is 5.69 Å². The van der Waals surface area contributed by atoms with Crippen molar-refractivity contribution in [3.63, 3.8) is 0 Å². The Bertz CT molecular complexity index is 1100. The molecule has 0 saturated heterocycles. The Morgan fingerprint density at radius 1 is 0.962 bits per heavy atom. The van der Waals surface area contributed by atoms with Crippen LogP contribution < -0.4 is 15.7 Å². The Hall–Kier alpha value is -3.54. The van der Waals surface area contributed by atoms with Crippen molar-refractivity contribution in [2.24, 2.45) is 0 Å². The van der Waals surface area contributed by atoms with Gasteiger partial charge in [-0.05, 0) is 53.6 Å². The third-order valence-corrected chi connectivity index (χ3v) is 4.23. The number of H-pyrrole nitrogens is 2. The number of aromatic amines is 2. The summed E-state index contributed by atoms with van der Waals surface area (Å²) in [4.78, 5) is 21.3. The molecule has 130 valence electrons. The van der Waals surface area contributed by atoms with Gasteiger partial charge in [-0.15, -0.1) is 0 Å². The van der Waals surface area contributed by atoms with E-state index >= 15 is 0 Å². The van der Waals surface area contributed by atoms with E-state index in [1.807, 2.05) is 54.9 Å². The number of pyridine rings is 1. The number of hydrogen-bond acceptors (Lipinski definition) is 4. The van der Waals surface area contributed by atoms with Crippen LogP contribution in [0, 0.1) is 0 Å². The molecule has 0 aliphatic heterocycles. The highest BCUT2D eigenvalue weighted by Gasteiger charge is 2.04. The fraction of sp³-hybridized carbons (Fsp3) is 0.100. The lowest BCUT2D eigenvalue weighted by atomic mass is 10.1. The van der Waals surface area contributed by atoms with Crippen molar-refractivity contribution in [3.05, 3.63) is 77.0 Å². The monoisotopic (exact) mass is 346 g/mol. The third-order valence-electron chi connectivity index (χ3n) is 4.23. The van der Waals surface area contributed by atoms with E-state index in [0.717, 1.165) is 39.2 Å². The van der Waals surface area contributed by atoms with Gasteiger partial charge in [-0.3, -0.25) is 4.98 Å². The molecule has 0 amide bonds. The number of imidazole rings is 1. The first-order valence-corrected chi connectivity index (χ1v) is 8.25. The number of aromatic nitrogens is 3. The average Bonchev–Trinajstić information content (AvgIpc) is 3.06. The third kappa shape index (κ3) is 3.30. The molecule has 0 atom stereocenters. The van der Waals surface area contributed by atoms with Crippen molar-refractivity contribution < 1.29 is 4.74 Å². The van der Waals surface area contributed by atoms with Gasteiger partial charge in [0, 0.05) is 30.2 Å². The molecule has 4 aromatic rings. The van der Waals surface area contributed by atoms with Gasteiger partial charge in [-0.1, -0.05) is 6.07 Å². The minimum atomic E-state index is -0.201. The van der Waals surface area contributed by atoms with Crippen LogP contribution >= 0.6 is 0 Å². The van der Waals surface area contributed by atoms with Crippen LogP contribution in [0.1, 0.15) is 5.56 Å². The van der Waals surface area contributed by atoms with E-state index < -0.39 is 0 Å². The molecular formula is C20H18N4O2. The summed E-state index contributed by atoms with van der Waals surface area (Å²) >= 11 is 0. The van der Waals surface area contributed by atoms with E-state index in [-0.39, 0.29) is 5.69 Å². The zero-order chi connectivity index (χ0) is 17.9. The molecule has 0 unspecified atom stereocenters. The molecule has 2 heterocycles. The predicted octanol–water partition coefficient (Wildman–Crippen LogP) is 3.54. The number of hydrogen-bond donors (Lipinski definition) is 3. The SMILES string of the molecule is COc1ccc(NCc2cncc(-c3ccc4[nH]c(=O)[nH]c4c3)c2)cc1. The molecule has 0 spiro atoms. The number of fused-ring (bicyclic) bond motifs is 1. The highest BCUT2D eigenvalue weighted by molar-refractivity contribution is 5.81. The highest BCUT2D eigenvalue weighted by atomic mass is 16.5. The van der Waals surface area contributed by atoms with Crippen LogP contribution in [0.2, 0.25) is 0 Å². The van der Waals surface area contributed by atoms with Crippen molar-refractivity contribution in [1.29, 1.82) is 0 Å². The van der Waals surface area contributed by atoms with Gasteiger partial charge in [0.25, 0.3) is 0 Å². The number of rotatable bonds is 5.